The van der Waals surface area contributed by atoms with Crippen LogP contribution in [0.1, 0.15) is 24.1 Å². The van der Waals surface area contributed by atoms with Crippen molar-refractivity contribution in [2.24, 2.45) is 0 Å². The molecule has 4 heteroatoms. The van der Waals surface area contributed by atoms with E-state index in [2.05, 4.69) is 10.2 Å². The van der Waals surface area contributed by atoms with Crippen LogP contribution in [0.15, 0.2) is 12.1 Å². The lowest BCUT2D eigenvalue weighted by molar-refractivity contribution is 0.182. The number of rotatable bonds is 2. The lowest BCUT2D eigenvalue weighted by atomic mass is 10.0. The Morgan fingerprint density at radius 2 is 2.00 bits per heavy atom. The summed E-state index contributed by atoms with van der Waals surface area (Å²) in [5.41, 5.74) is 1.16. The van der Waals surface area contributed by atoms with Gasteiger partial charge in [-0.05, 0) is 19.4 Å². The average molecular weight is 238 g/mol. The second-order valence-corrected chi connectivity index (χ2v) is 4.60. The van der Waals surface area contributed by atoms with Crippen molar-refractivity contribution < 1.29 is 9.50 Å². The van der Waals surface area contributed by atoms with Crippen LogP contribution in [0, 0.1) is 12.7 Å². The Morgan fingerprint density at radius 3 is 2.65 bits per heavy atom. The van der Waals surface area contributed by atoms with Gasteiger partial charge in [-0.2, -0.15) is 0 Å². The van der Waals surface area contributed by atoms with Gasteiger partial charge >= 0.3 is 0 Å². The van der Waals surface area contributed by atoms with Crippen LogP contribution in [0.3, 0.4) is 0 Å². The van der Waals surface area contributed by atoms with Gasteiger partial charge in [-0.15, -0.1) is 0 Å². The summed E-state index contributed by atoms with van der Waals surface area (Å²) in [6.45, 7) is 7.41. The molecule has 2 N–H and O–H groups in total. The van der Waals surface area contributed by atoms with E-state index >= 15 is 0 Å². The lowest BCUT2D eigenvalue weighted by Crippen LogP contribution is -2.44. The predicted molar refractivity (Wildman–Crippen MR) is 65.7 cm³/mol. The van der Waals surface area contributed by atoms with Crippen molar-refractivity contribution in [3.63, 3.8) is 0 Å². The van der Waals surface area contributed by atoms with Crippen LogP contribution >= 0.6 is 0 Å². The maximum absolute atomic E-state index is 13.6. The summed E-state index contributed by atoms with van der Waals surface area (Å²) in [7, 11) is 0. The number of halogens is 1. The molecule has 0 unspecified atom stereocenters. The molecule has 1 aliphatic heterocycles. The van der Waals surface area contributed by atoms with Crippen LogP contribution in [-0.4, -0.2) is 36.2 Å². The molecule has 0 bridgehead atoms. The maximum atomic E-state index is 13.6. The molecular weight excluding hydrogens is 219 g/mol. The molecule has 0 saturated carbocycles. The maximum Gasteiger partial charge on any atom is 0.168 e. The first-order valence-electron chi connectivity index (χ1n) is 6.04. The highest BCUT2D eigenvalue weighted by Crippen LogP contribution is 2.32. The summed E-state index contributed by atoms with van der Waals surface area (Å²) >= 11 is 0. The predicted octanol–water partition coefficient (Wildman–Crippen LogP) is 1.81. The monoisotopic (exact) mass is 238 g/mol. The molecule has 17 heavy (non-hydrogen) atoms. The van der Waals surface area contributed by atoms with Crippen molar-refractivity contribution in [2.45, 2.75) is 19.9 Å². The summed E-state index contributed by atoms with van der Waals surface area (Å²) in [4.78, 5) is 2.25. The number of aryl methyl sites for hydroxylation is 1. The number of benzene rings is 1. The average Bonchev–Trinajstić information content (AvgIpc) is 2.36. The SMILES string of the molecule is Cc1ccc([C@H](C)N2CCNCC2)c(O)c1F. The molecule has 1 heterocycles. The van der Waals surface area contributed by atoms with Crippen LogP contribution < -0.4 is 5.32 Å². The number of piperazine rings is 1. The molecule has 1 aromatic rings. The van der Waals surface area contributed by atoms with E-state index in [9.17, 15) is 9.50 Å². The fourth-order valence-electron chi connectivity index (χ4n) is 2.28. The summed E-state index contributed by atoms with van der Waals surface area (Å²) < 4.78 is 13.6. The number of nitrogens with zero attached hydrogens (tertiary/aromatic N) is 1. The van der Waals surface area contributed by atoms with Crippen LogP contribution in [0.5, 0.6) is 5.75 Å². The van der Waals surface area contributed by atoms with Gasteiger partial charge in [0.1, 0.15) is 0 Å². The first-order chi connectivity index (χ1) is 8.11. The summed E-state index contributed by atoms with van der Waals surface area (Å²) in [5.74, 6) is -0.694. The Morgan fingerprint density at radius 1 is 1.35 bits per heavy atom. The summed E-state index contributed by atoms with van der Waals surface area (Å²) in [5, 5.41) is 13.1. The number of aromatic hydroxyl groups is 1. The molecule has 1 fully saturated rings. The first-order valence-corrected chi connectivity index (χ1v) is 6.04. The lowest BCUT2D eigenvalue weighted by Gasteiger charge is -2.33. The van der Waals surface area contributed by atoms with Crippen molar-refractivity contribution in [3.05, 3.63) is 29.1 Å². The van der Waals surface area contributed by atoms with Crippen molar-refractivity contribution in [2.75, 3.05) is 26.2 Å². The van der Waals surface area contributed by atoms with Gasteiger partial charge in [0.2, 0.25) is 0 Å². The third kappa shape index (κ3) is 2.42. The Labute approximate surface area is 101 Å². The second kappa shape index (κ2) is 5.02. The highest BCUT2D eigenvalue weighted by Gasteiger charge is 2.22. The normalized spacial score (nSPS) is 19.2. The number of phenols is 1. The molecule has 1 aliphatic rings. The highest BCUT2D eigenvalue weighted by atomic mass is 19.1. The quantitative estimate of drug-likeness (QED) is 0.824. The topological polar surface area (TPSA) is 35.5 Å². The molecule has 1 atom stereocenters. The standard InChI is InChI=1S/C13H19FN2O/c1-9-3-4-11(13(17)12(9)14)10(2)16-7-5-15-6-8-16/h3-4,10,15,17H,5-8H2,1-2H3/t10-/m0/s1. The summed E-state index contributed by atoms with van der Waals surface area (Å²) in [6.07, 6.45) is 0. The van der Waals surface area contributed by atoms with Crippen molar-refractivity contribution >= 4 is 0 Å². The van der Waals surface area contributed by atoms with E-state index < -0.39 is 5.82 Å². The molecule has 94 valence electrons. The Hall–Kier alpha value is -1.13. The van der Waals surface area contributed by atoms with Gasteiger partial charge in [0.25, 0.3) is 0 Å². The zero-order chi connectivity index (χ0) is 12.4. The third-order valence-corrected chi connectivity index (χ3v) is 3.49. The largest absolute Gasteiger partial charge is 0.505 e. The van der Waals surface area contributed by atoms with E-state index in [-0.39, 0.29) is 11.8 Å². The van der Waals surface area contributed by atoms with E-state index in [1.54, 1.807) is 13.0 Å². The molecule has 0 aromatic heterocycles. The molecule has 0 amide bonds. The molecule has 0 radical (unpaired) electrons. The molecule has 1 aromatic carbocycles. The molecule has 2 rings (SSSR count). The number of phenolic OH excluding ortho intramolecular Hbond substituents is 1. The minimum absolute atomic E-state index is 0.0483. The van der Waals surface area contributed by atoms with Gasteiger partial charge in [-0.3, -0.25) is 4.90 Å². The molecular formula is C13H19FN2O. The van der Waals surface area contributed by atoms with Crippen molar-refractivity contribution in [1.29, 1.82) is 0 Å². The van der Waals surface area contributed by atoms with Crippen LogP contribution in [0.2, 0.25) is 0 Å². The van der Waals surface area contributed by atoms with E-state index in [0.29, 0.717) is 11.1 Å². The number of hydrogen-bond acceptors (Lipinski definition) is 3. The van der Waals surface area contributed by atoms with Gasteiger partial charge in [-0.25, -0.2) is 4.39 Å². The molecule has 0 spiro atoms. The van der Waals surface area contributed by atoms with E-state index in [1.165, 1.54) is 0 Å². The van der Waals surface area contributed by atoms with E-state index in [4.69, 9.17) is 0 Å². The van der Waals surface area contributed by atoms with Crippen molar-refractivity contribution in [3.8, 4) is 5.75 Å². The third-order valence-electron chi connectivity index (χ3n) is 3.49. The zero-order valence-electron chi connectivity index (χ0n) is 10.3. The van der Waals surface area contributed by atoms with Gasteiger partial charge in [-0.1, -0.05) is 12.1 Å². The molecule has 3 nitrogen and oxygen atoms in total. The highest BCUT2D eigenvalue weighted by molar-refractivity contribution is 5.39. The van der Waals surface area contributed by atoms with E-state index in [0.717, 1.165) is 26.2 Å². The minimum atomic E-state index is -0.496. The number of nitrogens with one attached hydrogen (secondary N) is 1. The van der Waals surface area contributed by atoms with Crippen LogP contribution in [0.25, 0.3) is 0 Å². The number of hydrogen-bond donors (Lipinski definition) is 2. The molecule has 1 saturated heterocycles. The fourth-order valence-corrected chi connectivity index (χ4v) is 2.28. The first kappa shape index (κ1) is 12.3. The Balaban J connectivity index is 2.24. The summed E-state index contributed by atoms with van der Waals surface area (Å²) in [6, 6.07) is 3.59. The van der Waals surface area contributed by atoms with Gasteiger partial charge in [0.15, 0.2) is 11.6 Å². The van der Waals surface area contributed by atoms with Gasteiger partial charge in [0, 0.05) is 37.8 Å². The smallest absolute Gasteiger partial charge is 0.168 e. The zero-order valence-corrected chi connectivity index (χ0v) is 10.3. The van der Waals surface area contributed by atoms with Gasteiger partial charge < -0.3 is 10.4 Å². The Bertz CT molecular complexity index is 403. The molecule has 0 aliphatic carbocycles. The van der Waals surface area contributed by atoms with Crippen LogP contribution in [0.4, 0.5) is 4.39 Å². The van der Waals surface area contributed by atoms with Crippen LogP contribution in [-0.2, 0) is 0 Å². The second-order valence-electron chi connectivity index (χ2n) is 4.60. The van der Waals surface area contributed by atoms with Gasteiger partial charge in [0.05, 0.1) is 0 Å². The Kier molecular flexibility index (Phi) is 3.64. The van der Waals surface area contributed by atoms with E-state index in [1.807, 2.05) is 13.0 Å². The van der Waals surface area contributed by atoms with Crippen molar-refractivity contribution in [1.82, 2.24) is 10.2 Å². The minimum Gasteiger partial charge on any atom is -0.505 e. The fraction of sp³-hybridized carbons (Fsp3) is 0.538.